The van der Waals surface area contributed by atoms with E-state index in [0.717, 1.165) is 0 Å². The zero-order chi connectivity index (χ0) is 21.3. The number of hydrogen-bond acceptors (Lipinski definition) is 7. The zero-order valence-electron chi connectivity index (χ0n) is 16.2. The van der Waals surface area contributed by atoms with Crippen LogP contribution >= 0.6 is 11.6 Å². The average molecular weight is 425 g/mol. The van der Waals surface area contributed by atoms with E-state index in [2.05, 4.69) is 15.3 Å². The second kappa shape index (κ2) is 8.08. The molecule has 30 heavy (non-hydrogen) atoms. The van der Waals surface area contributed by atoms with Gasteiger partial charge in [0.1, 0.15) is 0 Å². The minimum absolute atomic E-state index is 0.0522. The summed E-state index contributed by atoms with van der Waals surface area (Å²) in [5.41, 5.74) is 0.485. The van der Waals surface area contributed by atoms with E-state index in [0.29, 0.717) is 21.4 Å². The van der Waals surface area contributed by atoms with Crippen molar-refractivity contribution in [3.63, 3.8) is 0 Å². The molecule has 0 aliphatic heterocycles. The standard InChI is InChI=1S/C21H17ClN4O4/c1-12(2)26-20(27)16-6-4-3-5-15(16)18(25-26)21(28)29-11-17-23-24-19(30-17)13-7-9-14(22)10-8-13/h3-10,12H,11H2,1-2H3. The summed E-state index contributed by atoms with van der Waals surface area (Å²) in [6.07, 6.45) is 0. The Labute approximate surface area is 176 Å². The van der Waals surface area contributed by atoms with E-state index in [1.165, 1.54) is 4.68 Å². The number of rotatable bonds is 5. The number of benzene rings is 2. The minimum Gasteiger partial charge on any atom is -0.451 e. The molecule has 0 bridgehead atoms. The molecule has 8 nitrogen and oxygen atoms in total. The van der Waals surface area contributed by atoms with Gasteiger partial charge in [0.25, 0.3) is 11.4 Å². The van der Waals surface area contributed by atoms with Crippen LogP contribution in [0, 0.1) is 0 Å². The molecular formula is C21H17ClN4O4. The van der Waals surface area contributed by atoms with Crippen molar-refractivity contribution in [2.45, 2.75) is 26.5 Å². The smallest absolute Gasteiger partial charge is 0.359 e. The largest absolute Gasteiger partial charge is 0.451 e. The Morgan fingerprint density at radius 3 is 2.50 bits per heavy atom. The van der Waals surface area contributed by atoms with Gasteiger partial charge in [-0.15, -0.1) is 10.2 Å². The molecule has 9 heteroatoms. The molecule has 0 fully saturated rings. The molecule has 0 saturated heterocycles. The maximum atomic E-state index is 12.7. The molecule has 0 radical (unpaired) electrons. The molecule has 4 rings (SSSR count). The van der Waals surface area contributed by atoms with E-state index >= 15 is 0 Å². The molecule has 0 atom stereocenters. The predicted octanol–water partition coefficient (Wildman–Crippen LogP) is 4.04. The van der Waals surface area contributed by atoms with Crippen LogP contribution in [0.5, 0.6) is 0 Å². The lowest BCUT2D eigenvalue weighted by Crippen LogP contribution is -2.27. The number of carbonyl (C=O) groups is 1. The third kappa shape index (κ3) is 3.81. The van der Waals surface area contributed by atoms with Crippen molar-refractivity contribution in [2.75, 3.05) is 0 Å². The zero-order valence-corrected chi connectivity index (χ0v) is 17.0. The van der Waals surface area contributed by atoms with Crippen LogP contribution in [0.25, 0.3) is 22.2 Å². The lowest BCUT2D eigenvalue weighted by Gasteiger charge is -2.12. The first kappa shape index (κ1) is 19.8. The molecule has 0 spiro atoms. The number of ether oxygens (including phenoxy) is 1. The number of esters is 1. The maximum absolute atomic E-state index is 12.7. The van der Waals surface area contributed by atoms with Gasteiger partial charge in [0.15, 0.2) is 12.3 Å². The van der Waals surface area contributed by atoms with Gasteiger partial charge in [-0.3, -0.25) is 4.79 Å². The Hall–Kier alpha value is -3.52. The van der Waals surface area contributed by atoms with E-state index in [1.54, 1.807) is 48.5 Å². The monoisotopic (exact) mass is 424 g/mol. The first-order valence-electron chi connectivity index (χ1n) is 9.21. The van der Waals surface area contributed by atoms with Crippen LogP contribution in [0.1, 0.15) is 36.3 Å². The van der Waals surface area contributed by atoms with E-state index in [4.69, 9.17) is 20.8 Å². The van der Waals surface area contributed by atoms with Gasteiger partial charge in [0, 0.05) is 16.0 Å². The SMILES string of the molecule is CC(C)n1nc(C(=O)OCc2nnc(-c3ccc(Cl)cc3)o2)c2ccccc2c1=O. The molecule has 152 valence electrons. The molecule has 0 amide bonds. The Morgan fingerprint density at radius 2 is 1.80 bits per heavy atom. The van der Waals surface area contributed by atoms with Crippen molar-refractivity contribution in [2.24, 2.45) is 0 Å². The normalized spacial score (nSPS) is 11.2. The first-order valence-corrected chi connectivity index (χ1v) is 9.59. The van der Waals surface area contributed by atoms with Crippen LogP contribution in [-0.2, 0) is 11.3 Å². The first-order chi connectivity index (χ1) is 14.4. The van der Waals surface area contributed by atoms with Crippen molar-refractivity contribution < 1.29 is 13.9 Å². The Bertz CT molecular complexity index is 1280. The molecular weight excluding hydrogens is 408 g/mol. The summed E-state index contributed by atoms with van der Waals surface area (Å²) in [4.78, 5) is 25.3. The van der Waals surface area contributed by atoms with Crippen LogP contribution in [0.15, 0.2) is 57.7 Å². The summed E-state index contributed by atoms with van der Waals surface area (Å²) in [6.45, 7) is 3.40. The third-order valence-corrected chi connectivity index (χ3v) is 4.65. The Balaban J connectivity index is 1.58. The van der Waals surface area contributed by atoms with E-state index in [-0.39, 0.29) is 35.7 Å². The molecule has 0 aliphatic rings. The molecule has 0 unspecified atom stereocenters. The fourth-order valence-corrected chi connectivity index (χ4v) is 3.05. The highest BCUT2D eigenvalue weighted by atomic mass is 35.5. The average Bonchev–Trinajstić information content (AvgIpc) is 3.22. The van der Waals surface area contributed by atoms with Gasteiger partial charge in [-0.25, -0.2) is 9.48 Å². The predicted molar refractivity (Wildman–Crippen MR) is 110 cm³/mol. The van der Waals surface area contributed by atoms with E-state index in [9.17, 15) is 9.59 Å². The molecule has 0 saturated carbocycles. The number of hydrogen-bond donors (Lipinski definition) is 0. The van der Waals surface area contributed by atoms with Crippen molar-refractivity contribution in [1.29, 1.82) is 0 Å². The summed E-state index contributed by atoms with van der Waals surface area (Å²) in [5, 5.41) is 13.5. The van der Waals surface area contributed by atoms with Gasteiger partial charge < -0.3 is 9.15 Å². The van der Waals surface area contributed by atoms with Gasteiger partial charge in [-0.2, -0.15) is 5.10 Å². The molecule has 0 aliphatic carbocycles. The number of carbonyl (C=O) groups excluding carboxylic acids is 1. The van der Waals surface area contributed by atoms with Crippen LogP contribution in [-0.4, -0.2) is 25.9 Å². The van der Waals surface area contributed by atoms with Crippen molar-refractivity contribution in [1.82, 2.24) is 20.0 Å². The van der Waals surface area contributed by atoms with Crippen LogP contribution in [0.3, 0.4) is 0 Å². The minimum atomic E-state index is -0.688. The van der Waals surface area contributed by atoms with E-state index in [1.807, 2.05) is 13.8 Å². The number of fused-ring (bicyclic) bond motifs is 1. The highest BCUT2D eigenvalue weighted by molar-refractivity contribution is 6.30. The van der Waals surface area contributed by atoms with Gasteiger partial charge in [-0.1, -0.05) is 29.8 Å². The number of halogens is 1. The summed E-state index contributed by atoms with van der Waals surface area (Å²) < 4.78 is 12.1. The van der Waals surface area contributed by atoms with Crippen LogP contribution < -0.4 is 5.56 Å². The number of aromatic nitrogens is 4. The van der Waals surface area contributed by atoms with Crippen LogP contribution in [0.2, 0.25) is 5.02 Å². The summed E-state index contributed by atoms with van der Waals surface area (Å²) in [6, 6.07) is 13.5. The van der Waals surface area contributed by atoms with Gasteiger partial charge >= 0.3 is 5.97 Å². The second-order valence-corrected chi connectivity index (χ2v) is 7.26. The highest BCUT2D eigenvalue weighted by Gasteiger charge is 2.20. The van der Waals surface area contributed by atoms with Gasteiger partial charge in [-0.05, 0) is 44.2 Å². The van der Waals surface area contributed by atoms with Crippen molar-refractivity contribution >= 4 is 28.3 Å². The Morgan fingerprint density at radius 1 is 1.10 bits per heavy atom. The Kier molecular flexibility index (Phi) is 5.33. The lowest BCUT2D eigenvalue weighted by molar-refractivity contribution is 0.0431. The van der Waals surface area contributed by atoms with E-state index < -0.39 is 5.97 Å². The fraction of sp³-hybridized carbons (Fsp3) is 0.190. The van der Waals surface area contributed by atoms with Gasteiger partial charge in [0.2, 0.25) is 5.89 Å². The van der Waals surface area contributed by atoms with Crippen molar-refractivity contribution in [3.05, 3.63) is 75.5 Å². The van der Waals surface area contributed by atoms with Crippen molar-refractivity contribution in [3.8, 4) is 11.5 Å². The summed E-state index contributed by atoms with van der Waals surface area (Å²) in [5.74, 6) is -0.267. The maximum Gasteiger partial charge on any atom is 0.359 e. The summed E-state index contributed by atoms with van der Waals surface area (Å²) >= 11 is 5.88. The lowest BCUT2D eigenvalue weighted by atomic mass is 10.1. The molecule has 2 heterocycles. The topological polar surface area (TPSA) is 100 Å². The fourth-order valence-electron chi connectivity index (χ4n) is 2.92. The third-order valence-electron chi connectivity index (χ3n) is 4.40. The second-order valence-electron chi connectivity index (χ2n) is 6.82. The summed E-state index contributed by atoms with van der Waals surface area (Å²) in [7, 11) is 0. The number of nitrogens with zero attached hydrogens (tertiary/aromatic N) is 4. The van der Waals surface area contributed by atoms with Crippen LogP contribution in [0.4, 0.5) is 0 Å². The molecule has 2 aromatic heterocycles. The van der Waals surface area contributed by atoms with Gasteiger partial charge in [0.05, 0.1) is 11.4 Å². The highest BCUT2D eigenvalue weighted by Crippen LogP contribution is 2.21. The molecule has 0 N–H and O–H groups in total. The molecule has 2 aromatic carbocycles. The quantitative estimate of drug-likeness (QED) is 0.445. The molecule has 4 aromatic rings.